The van der Waals surface area contributed by atoms with Gasteiger partial charge in [-0.05, 0) is 18.1 Å². The van der Waals surface area contributed by atoms with Gasteiger partial charge in [0.2, 0.25) is 0 Å². The maximum Gasteiger partial charge on any atom is 0.308 e. The fraction of sp³-hybridized carbons (Fsp3) is 0.182. The summed E-state index contributed by atoms with van der Waals surface area (Å²) in [4.78, 5) is 10.7. The lowest BCUT2D eigenvalue weighted by molar-refractivity contribution is -0.136. The normalized spacial score (nSPS) is 18.7. The molecule has 0 amide bonds. The van der Waals surface area contributed by atoms with Crippen molar-refractivity contribution >= 4 is 5.97 Å². The van der Waals surface area contributed by atoms with E-state index in [1.807, 2.05) is 24.3 Å². The number of hydrogen-bond acceptors (Lipinski definition) is 2. The highest BCUT2D eigenvalue weighted by atomic mass is 16.5. The minimum absolute atomic E-state index is 0.267. The number of ether oxygens (including phenoxy) is 1. The summed E-state index contributed by atoms with van der Waals surface area (Å²) in [6.45, 7) is 1.41. The summed E-state index contributed by atoms with van der Waals surface area (Å²) in [5, 5.41) is 0. The molecule has 13 heavy (non-hydrogen) atoms. The Morgan fingerprint density at radius 1 is 1.38 bits per heavy atom. The number of hydrogen-bond donors (Lipinski definition) is 0. The molecule has 2 nitrogen and oxygen atoms in total. The van der Waals surface area contributed by atoms with Crippen molar-refractivity contribution in [3.63, 3.8) is 0 Å². The second-order valence-electron chi connectivity index (χ2n) is 3.03. The van der Waals surface area contributed by atoms with Gasteiger partial charge in [0.05, 0.1) is 0 Å². The number of allylic oxidation sites excluding steroid dienone is 6. The molecule has 0 heterocycles. The van der Waals surface area contributed by atoms with E-state index in [1.165, 1.54) is 12.5 Å². The van der Waals surface area contributed by atoms with Crippen LogP contribution in [0.15, 0.2) is 47.3 Å². The van der Waals surface area contributed by atoms with Crippen LogP contribution in [-0.4, -0.2) is 5.97 Å². The van der Waals surface area contributed by atoms with E-state index in [0.29, 0.717) is 5.76 Å². The number of rotatable bonds is 1. The maximum absolute atomic E-state index is 10.7. The fourth-order valence-electron chi connectivity index (χ4n) is 1.48. The zero-order valence-electron chi connectivity index (χ0n) is 7.41. The van der Waals surface area contributed by atoms with E-state index < -0.39 is 0 Å². The smallest absolute Gasteiger partial charge is 0.308 e. The highest BCUT2D eigenvalue weighted by molar-refractivity contribution is 5.70. The Morgan fingerprint density at radius 2 is 2.23 bits per heavy atom. The first kappa shape index (κ1) is 8.05. The van der Waals surface area contributed by atoms with Crippen molar-refractivity contribution < 1.29 is 9.53 Å². The molecule has 2 heteroatoms. The van der Waals surface area contributed by atoms with Crippen LogP contribution in [0.1, 0.15) is 13.3 Å². The van der Waals surface area contributed by atoms with E-state index in [9.17, 15) is 4.79 Å². The van der Waals surface area contributed by atoms with Crippen molar-refractivity contribution in [3.8, 4) is 0 Å². The van der Waals surface area contributed by atoms with Crippen molar-refractivity contribution in [2.24, 2.45) is 0 Å². The van der Waals surface area contributed by atoms with Crippen molar-refractivity contribution in [3.05, 3.63) is 47.3 Å². The lowest BCUT2D eigenvalue weighted by atomic mass is 10.0. The Morgan fingerprint density at radius 3 is 3.00 bits per heavy atom. The molecule has 0 spiro atoms. The van der Waals surface area contributed by atoms with Gasteiger partial charge in [-0.2, -0.15) is 0 Å². The average molecular weight is 174 g/mol. The standard InChI is InChI=1S/C11H10O2/c1-8(12)13-11-7-6-9-4-2-3-5-10(9)11/h2-3,5-7H,4H2,1H3. The molecule has 66 valence electrons. The molecule has 0 N–H and O–H groups in total. The van der Waals surface area contributed by atoms with Gasteiger partial charge < -0.3 is 4.74 Å². The van der Waals surface area contributed by atoms with Crippen LogP contribution in [0.25, 0.3) is 0 Å². The first-order chi connectivity index (χ1) is 6.27. The van der Waals surface area contributed by atoms with Crippen LogP contribution >= 0.6 is 0 Å². The second-order valence-corrected chi connectivity index (χ2v) is 3.03. The summed E-state index contributed by atoms with van der Waals surface area (Å²) in [5.74, 6) is 0.406. The molecule has 0 radical (unpaired) electrons. The molecule has 2 aliphatic carbocycles. The molecule has 2 aliphatic rings. The minimum Gasteiger partial charge on any atom is -0.426 e. The monoisotopic (exact) mass is 174 g/mol. The lowest BCUT2D eigenvalue weighted by Crippen LogP contribution is -2.01. The van der Waals surface area contributed by atoms with Gasteiger partial charge in [0.1, 0.15) is 5.76 Å². The Labute approximate surface area is 76.9 Å². The Bertz CT molecular complexity index is 368. The van der Waals surface area contributed by atoms with Gasteiger partial charge in [0.25, 0.3) is 0 Å². The largest absolute Gasteiger partial charge is 0.426 e. The predicted molar refractivity (Wildman–Crippen MR) is 49.8 cm³/mol. The van der Waals surface area contributed by atoms with Crippen molar-refractivity contribution in [2.75, 3.05) is 0 Å². The van der Waals surface area contributed by atoms with Crippen molar-refractivity contribution in [1.29, 1.82) is 0 Å². The average Bonchev–Trinajstić information content (AvgIpc) is 2.48. The topological polar surface area (TPSA) is 26.3 Å². The van der Waals surface area contributed by atoms with Crippen molar-refractivity contribution in [1.82, 2.24) is 0 Å². The van der Waals surface area contributed by atoms with Crippen LogP contribution in [0.2, 0.25) is 0 Å². The molecule has 0 aromatic heterocycles. The van der Waals surface area contributed by atoms with Crippen LogP contribution in [0.3, 0.4) is 0 Å². The molecule has 0 aliphatic heterocycles. The molecule has 2 rings (SSSR count). The van der Waals surface area contributed by atoms with E-state index in [4.69, 9.17) is 4.74 Å². The van der Waals surface area contributed by atoms with E-state index in [-0.39, 0.29) is 5.97 Å². The molecule has 0 aromatic rings. The van der Waals surface area contributed by atoms with Gasteiger partial charge in [-0.3, -0.25) is 4.79 Å². The highest BCUT2D eigenvalue weighted by Crippen LogP contribution is 2.31. The number of esters is 1. The zero-order chi connectivity index (χ0) is 9.26. The number of fused-ring (bicyclic) bond motifs is 1. The van der Waals surface area contributed by atoms with E-state index in [1.54, 1.807) is 0 Å². The third kappa shape index (κ3) is 1.47. The SMILES string of the molecule is CC(=O)OC1=CC=C2CC=CC=C21. The molecular formula is C11H10O2. The summed E-state index contributed by atoms with van der Waals surface area (Å²) in [7, 11) is 0. The third-order valence-corrected chi connectivity index (χ3v) is 2.04. The van der Waals surface area contributed by atoms with Gasteiger partial charge >= 0.3 is 5.97 Å². The summed E-state index contributed by atoms with van der Waals surface area (Å²) in [5.41, 5.74) is 2.26. The quantitative estimate of drug-likeness (QED) is 0.570. The van der Waals surface area contributed by atoms with Gasteiger partial charge in [0, 0.05) is 12.5 Å². The summed E-state index contributed by atoms with van der Waals surface area (Å²) < 4.78 is 5.05. The van der Waals surface area contributed by atoms with Crippen LogP contribution in [0.4, 0.5) is 0 Å². The molecular weight excluding hydrogens is 164 g/mol. The molecule has 0 atom stereocenters. The van der Waals surface area contributed by atoms with Crippen LogP contribution in [0.5, 0.6) is 0 Å². The third-order valence-electron chi connectivity index (χ3n) is 2.04. The minimum atomic E-state index is -0.267. The second kappa shape index (κ2) is 3.05. The van der Waals surface area contributed by atoms with Gasteiger partial charge in [-0.25, -0.2) is 0 Å². The molecule has 0 bridgehead atoms. The molecule has 0 saturated heterocycles. The van der Waals surface area contributed by atoms with Gasteiger partial charge in [0.15, 0.2) is 0 Å². The van der Waals surface area contributed by atoms with Gasteiger partial charge in [-0.1, -0.05) is 24.3 Å². The molecule has 0 unspecified atom stereocenters. The molecule has 0 fully saturated rings. The Hall–Kier alpha value is -1.57. The molecule has 0 aromatic carbocycles. The van der Waals surface area contributed by atoms with Crippen LogP contribution in [-0.2, 0) is 9.53 Å². The first-order valence-corrected chi connectivity index (χ1v) is 4.24. The maximum atomic E-state index is 10.7. The lowest BCUT2D eigenvalue weighted by Gasteiger charge is -2.10. The first-order valence-electron chi connectivity index (χ1n) is 4.24. The molecule has 0 saturated carbocycles. The van der Waals surface area contributed by atoms with Gasteiger partial charge in [-0.15, -0.1) is 0 Å². The van der Waals surface area contributed by atoms with Crippen LogP contribution < -0.4 is 0 Å². The Kier molecular flexibility index (Phi) is 1.89. The summed E-state index contributed by atoms with van der Waals surface area (Å²) in [6, 6.07) is 0. The summed E-state index contributed by atoms with van der Waals surface area (Å²) in [6.07, 6.45) is 10.8. The number of carbonyl (C=O) groups is 1. The van der Waals surface area contributed by atoms with Crippen LogP contribution in [0, 0.1) is 0 Å². The van der Waals surface area contributed by atoms with E-state index >= 15 is 0 Å². The number of carbonyl (C=O) groups excluding carboxylic acids is 1. The predicted octanol–water partition coefficient (Wildman–Crippen LogP) is 2.26. The highest BCUT2D eigenvalue weighted by Gasteiger charge is 2.18. The summed E-state index contributed by atoms with van der Waals surface area (Å²) >= 11 is 0. The van der Waals surface area contributed by atoms with Crippen molar-refractivity contribution in [2.45, 2.75) is 13.3 Å². The van der Waals surface area contributed by atoms with E-state index in [0.717, 1.165) is 12.0 Å². The fourth-order valence-corrected chi connectivity index (χ4v) is 1.48. The van der Waals surface area contributed by atoms with E-state index in [2.05, 4.69) is 6.08 Å². The zero-order valence-corrected chi connectivity index (χ0v) is 7.41. The Balaban J connectivity index is 2.22.